The predicted molar refractivity (Wildman–Crippen MR) is 74.4 cm³/mol. The minimum atomic E-state index is -1.04. The van der Waals surface area contributed by atoms with E-state index in [-0.39, 0.29) is 5.75 Å². The lowest BCUT2D eigenvalue weighted by Gasteiger charge is -2.16. The number of methoxy groups -OCH3 is 2. The van der Waals surface area contributed by atoms with Gasteiger partial charge >= 0.3 is 0 Å². The number of aliphatic hydroxyl groups is 1. The second kappa shape index (κ2) is 5.79. The van der Waals surface area contributed by atoms with E-state index in [9.17, 15) is 9.50 Å². The zero-order valence-corrected chi connectivity index (χ0v) is 11.3. The fourth-order valence-electron chi connectivity index (χ4n) is 2.01. The van der Waals surface area contributed by atoms with Crippen molar-refractivity contribution in [1.82, 2.24) is 0 Å². The second-order valence-corrected chi connectivity index (χ2v) is 4.26. The number of hydrogen-bond donors (Lipinski definition) is 2. The van der Waals surface area contributed by atoms with E-state index in [1.807, 2.05) is 0 Å². The van der Waals surface area contributed by atoms with Crippen molar-refractivity contribution in [2.75, 3.05) is 20.0 Å². The van der Waals surface area contributed by atoms with Crippen molar-refractivity contribution in [3.05, 3.63) is 53.3 Å². The molecule has 0 saturated carbocycles. The number of halogens is 1. The third kappa shape index (κ3) is 2.53. The molecule has 0 bridgehead atoms. The normalized spacial score (nSPS) is 12.0. The van der Waals surface area contributed by atoms with Gasteiger partial charge in [-0.25, -0.2) is 4.39 Å². The number of ether oxygens (including phenoxy) is 2. The molecule has 0 aliphatic rings. The second-order valence-electron chi connectivity index (χ2n) is 4.26. The fraction of sp³-hybridized carbons (Fsp3) is 0.200. The molecule has 0 aliphatic carbocycles. The van der Waals surface area contributed by atoms with Gasteiger partial charge < -0.3 is 20.3 Å². The van der Waals surface area contributed by atoms with Crippen LogP contribution in [0.1, 0.15) is 17.2 Å². The van der Waals surface area contributed by atoms with Crippen LogP contribution in [0.25, 0.3) is 0 Å². The predicted octanol–water partition coefficient (Wildman–Crippen LogP) is 2.51. The number of benzene rings is 2. The van der Waals surface area contributed by atoms with Gasteiger partial charge in [0.25, 0.3) is 0 Å². The molecule has 0 spiro atoms. The Kier molecular flexibility index (Phi) is 4.10. The van der Waals surface area contributed by atoms with Crippen LogP contribution < -0.4 is 15.2 Å². The van der Waals surface area contributed by atoms with Gasteiger partial charge in [-0.2, -0.15) is 0 Å². The number of nitrogen functional groups attached to an aromatic ring is 1. The summed E-state index contributed by atoms with van der Waals surface area (Å²) in [6, 6.07) is 9.36. The van der Waals surface area contributed by atoms with E-state index in [4.69, 9.17) is 15.2 Å². The molecule has 1 unspecified atom stereocenters. The Bertz CT molecular complexity index is 616. The SMILES string of the molecule is COc1ccc(C(O)c2cccc(OC)c2N)cc1F. The van der Waals surface area contributed by atoms with Gasteiger partial charge in [0.1, 0.15) is 11.9 Å². The van der Waals surface area contributed by atoms with Crippen molar-refractivity contribution in [3.8, 4) is 11.5 Å². The molecule has 0 saturated heterocycles. The van der Waals surface area contributed by atoms with Gasteiger partial charge in [0.15, 0.2) is 11.6 Å². The zero-order chi connectivity index (χ0) is 14.7. The first-order valence-electron chi connectivity index (χ1n) is 6.02. The van der Waals surface area contributed by atoms with E-state index in [1.165, 1.54) is 26.4 Å². The average molecular weight is 277 g/mol. The Balaban J connectivity index is 2.41. The van der Waals surface area contributed by atoms with Gasteiger partial charge in [0.2, 0.25) is 0 Å². The molecule has 2 rings (SSSR count). The number of hydrogen-bond acceptors (Lipinski definition) is 4. The zero-order valence-electron chi connectivity index (χ0n) is 11.3. The van der Waals surface area contributed by atoms with Gasteiger partial charge in [-0.3, -0.25) is 0 Å². The smallest absolute Gasteiger partial charge is 0.165 e. The van der Waals surface area contributed by atoms with E-state index < -0.39 is 11.9 Å². The molecule has 0 aliphatic heterocycles. The van der Waals surface area contributed by atoms with Gasteiger partial charge in [0.05, 0.1) is 19.9 Å². The van der Waals surface area contributed by atoms with Crippen molar-refractivity contribution < 1.29 is 19.0 Å². The summed E-state index contributed by atoms with van der Waals surface area (Å²) in [6.07, 6.45) is -1.04. The van der Waals surface area contributed by atoms with Crippen LogP contribution in [0.3, 0.4) is 0 Å². The monoisotopic (exact) mass is 277 g/mol. The molecule has 5 heteroatoms. The molecule has 2 aromatic carbocycles. The van der Waals surface area contributed by atoms with Crippen molar-refractivity contribution >= 4 is 5.69 Å². The molecule has 0 radical (unpaired) electrons. The van der Waals surface area contributed by atoms with Gasteiger partial charge in [0, 0.05) is 5.56 Å². The first-order chi connectivity index (χ1) is 9.58. The number of para-hydroxylation sites is 1. The summed E-state index contributed by atoms with van der Waals surface area (Å²) >= 11 is 0. The Hall–Kier alpha value is -2.27. The molecule has 0 heterocycles. The summed E-state index contributed by atoms with van der Waals surface area (Å²) in [5.41, 5.74) is 7.11. The standard InChI is InChI=1S/C15H16FNO3/c1-19-12-7-6-9(8-11(12)16)15(18)10-4-3-5-13(20-2)14(10)17/h3-8,15,18H,17H2,1-2H3. The maximum absolute atomic E-state index is 13.7. The van der Waals surface area contributed by atoms with Crippen LogP contribution in [0.4, 0.5) is 10.1 Å². The number of aliphatic hydroxyl groups excluding tert-OH is 1. The maximum atomic E-state index is 13.7. The number of rotatable bonds is 4. The van der Waals surface area contributed by atoms with Crippen LogP contribution in [0.5, 0.6) is 11.5 Å². The largest absolute Gasteiger partial charge is 0.495 e. The highest BCUT2D eigenvalue weighted by molar-refractivity contribution is 5.60. The van der Waals surface area contributed by atoms with Gasteiger partial charge in [-0.1, -0.05) is 18.2 Å². The van der Waals surface area contributed by atoms with Crippen molar-refractivity contribution in [3.63, 3.8) is 0 Å². The highest BCUT2D eigenvalue weighted by Crippen LogP contribution is 2.33. The summed E-state index contributed by atoms with van der Waals surface area (Å²) in [5, 5.41) is 10.3. The van der Waals surface area contributed by atoms with Gasteiger partial charge in [-0.15, -0.1) is 0 Å². The summed E-state index contributed by atoms with van der Waals surface area (Å²) in [5.74, 6) is 0.0561. The summed E-state index contributed by atoms with van der Waals surface area (Å²) in [6.45, 7) is 0. The first-order valence-corrected chi connectivity index (χ1v) is 6.02. The summed E-state index contributed by atoms with van der Waals surface area (Å²) < 4.78 is 23.6. The van der Waals surface area contributed by atoms with E-state index in [2.05, 4.69) is 0 Å². The van der Waals surface area contributed by atoms with Crippen LogP contribution in [0, 0.1) is 5.82 Å². The summed E-state index contributed by atoms with van der Waals surface area (Å²) in [4.78, 5) is 0. The fourth-order valence-corrected chi connectivity index (χ4v) is 2.01. The summed E-state index contributed by atoms with van der Waals surface area (Å²) in [7, 11) is 2.88. The minimum absolute atomic E-state index is 0.125. The lowest BCUT2D eigenvalue weighted by molar-refractivity contribution is 0.220. The highest BCUT2D eigenvalue weighted by Gasteiger charge is 2.17. The van der Waals surface area contributed by atoms with Crippen LogP contribution in [0.15, 0.2) is 36.4 Å². The van der Waals surface area contributed by atoms with Crippen LogP contribution in [-0.4, -0.2) is 19.3 Å². The molecular formula is C15H16FNO3. The van der Waals surface area contributed by atoms with E-state index in [0.29, 0.717) is 22.6 Å². The average Bonchev–Trinajstić information content (AvgIpc) is 2.46. The molecule has 0 fully saturated rings. The minimum Gasteiger partial charge on any atom is -0.495 e. The highest BCUT2D eigenvalue weighted by atomic mass is 19.1. The Labute approximate surface area is 116 Å². The van der Waals surface area contributed by atoms with Crippen LogP contribution in [-0.2, 0) is 0 Å². The number of nitrogens with two attached hydrogens (primary N) is 1. The van der Waals surface area contributed by atoms with Gasteiger partial charge in [-0.05, 0) is 23.8 Å². The van der Waals surface area contributed by atoms with Crippen LogP contribution >= 0.6 is 0 Å². The third-order valence-electron chi connectivity index (χ3n) is 3.11. The molecular weight excluding hydrogens is 261 g/mol. The quantitative estimate of drug-likeness (QED) is 0.843. The Morgan fingerprint density at radius 1 is 1.10 bits per heavy atom. The van der Waals surface area contributed by atoms with Crippen LogP contribution in [0.2, 0.25) is 0 Å². The maximum Gasteiger partial charge on any atom is 0.165 e. The van der Waals surface area contributed by atoms with E-state index in [1.54, 1.807) is 24.3 Å². The van der Waals surface area contributed by atoms with Crippen molar-refractivity contribution in [2.45, 2.75) is 6.10 Å². The van der Waals surface area contributed by atoms with Crippen molar-refractivity contribution in [2.24, 2.45) is 0 Å². The molecule has 0 amide bonds. The Morgan fingerprint density at radius 3 is 2.40 bits per heavy atom. The molecule has 0 aromatic heterocycles. The first kappa shape index (κ1) is 14.1. The lowest BCUT2D eigenvalue weighted by Crippen LogP contribution is -2.06. The molecule has 1 atom stereocenters. The lowest BCUT2D eigenvalue weighted by atomic mass is 9.99. The Morgan fingerprint density at radius 2 is 1.80 bits per heavy atom. The molecule has 106 valence electrons. The van der Waals surface area contributed by atoms with E-state index >= 15 is 0 Å². The topological polar surface area (TPSA) is 64.7 Å². The molecule has 20 heavy (non-hydrogen) atoms. The molecule has 4 nitrogen and oxygen atoms in total. The molecule has 2 aromatic rings. The van der Waals surface area contributed by atoms with E-state index in [0.717, 1.165) is 0 Å². The third-order valence-corrected chi connectivity index (χ3v) is 3.11. The molecule has 3 N–H and O–H groups in total. The number of anilines is 1. The van der Waals surface area contributed by atoms with Crippen molar-refractivity contribution in [1.29, 1.82) is 0 Å².